The molecule has 0 aliphatic rings. The molecular weight excluding hydrogens is 288 g/mol. The number of aliphatic carboxylic acids is 1. The third-order valence-electron chi connectivity index (χ3n) is 2.94. The molecule has 0 fully saturated rings. The number of benzene rings is 1. The van der Waals surface area contributed by atoms with E-state index in [-0.39, 0.29) is 13.2 Å². The summed E-state index contributed by atoms with van der Waals surface area (Å²) in [6.07, 6.45) is 0. The van der Waals surface area contributed by atoms with Crippen molar-refractivity contribution in [3.8, 4) is 0 Å². The van der Waals surface area contributed by atoms with Crippen LogP contribution in [0.15, 0.2) is 24.3 Å². The van der Waals surface area contributed by atoms with E-state index in [0.717, 1.165) is 0 Å². The minimum atomic E-state index is -0.969. The Kier molecular flexibility index (Phi) is 6.37. The van der Waals surface area contributed by atoms with Crippen LogP contribution < -0.4 is 5.32 Å². The third-order valence-corrected chi connectivity index (χ3v) is 2.94. The summed E-state index contributed by atoms with van der Waals surface area (Å²) in [6, 6.07) is 5.90. The van der Waals surface area contributed by atoms with Crippen molar-refractivity contribution in [2.45, 2.75) is 13.8 Å². The second-order valence-corrected chi connectivity index (χ2v) is 4.85. The van der Waals surface area contributed by atoms with Gasteiger partial charge in [0, 0.05) is 19.3 Å². The van der Waals surface area contributed by atoms with Gasteiger partial charge in [-0.3, -0.25) is 4.79 Å². The maximum atomic E-state index is 12.0. The summed E-state index contributed by atoms with van der Waals surface area (Å²) < 4.78 is 4.89. The molecule has 2 amide bonds. The number of anilines is 1. The lowest BCUT2D eigenvalue weighted by Gasteiger charge is -2.20. The Morgan fingerprint density at radius 2 is 2.05 bits per heavy atom. The number of hydrogen-bond acceptors (Lipinski definition) is 4. The summed E-state index contributed by atoms with van der Waals surface area (Å²) in [5, 5.41) is 11.5. The Balaban J connectivity index is 2.70. The molecule has 1 aromatic carbocycles. The van der Waals surface area contributed by atoms with Gasteiger partial charge in [-0.05, 0) is 25.1 Å². The van der Waals surface area contributed by atoms with Crippen molar-refractivity contribution < 1.29 is 24.2 Å². The van der Waals surface area contributed by atoms with E-state index in [1.165, 1.54) is 24.9 Å². The van der Waals surface area contributed by atoms with Crippen molar-refractivity contribution in [2.24, 2.45) is 5.92 Å². The van der Waals surface area contributed by atoms with Gasteiger partial charge in [0.15, 0.2) is 0 Å². The Bertz CT molecular complexity index is 559. The van der Waals surface area contributed by atoms with E-state index in [1.54, 1.807) is 25.1 Å². The molecule has 1 aromatic rings. The first-order valence-electron chi connectivity index (χ1n) is 6.87. The van der Waals surface area contributed by atoms with Crippen molar-refractivity contribution in [2.75, 3.05) is 25.5 Å². The Labute approximate surface area is 128 Å². The Hall–Kier alpha value is -2.57. The zero-order valence-electron chi connectivity index (χ0n) is 12.8. The highest BCUT2D eigenvalue weighted by atomic mass is 16.5. The van der Waals surface area contributed by atoms with Gasteiger partial charge >= 0.3 is 18.0 Å². The summed E-state index contributed by atoms with van der Waals surface area (Å²) in [5.41, 5.74) is 0.770. The smallest absolute Gasteiger partial charge is 0.338 e. The standard InChI is InChI=1S/C15H20N2O5/c1-4-22-14(20)11-6-5-7-12(8-11)16-15(21)17(3)9-10(2)13(18)19/h5-8,10H,4,9H2,1-3H3,(H,16,21)(H,18,19). The summed E-state index contributed by atoms with van der Waals surface area (Å²) in [6.45, 7) is 3.58. The number of carbonyl (C=O) groups is 3. The van der Waals surface area contributed by atoms with Gasteiger partial charge in [-0.2, -0.15) is 0 Å². The van der Waals surface area contributed by atoms with Crippen LogP contribution in [-0.2, 0) is 9.53 Å². The second-order valence-electron chi connectivity index (χ2n) is 4.85. The Morgan fingerprint density at radius 3 is 2.64 bits per heavy atom. The van der Waals surface area contributed by atoms with Gasteiger partial charge in [0.05, 0.1) is 18.1 Å². The molecule has 0 bridgehead atoms. The first kappa shape index (κ1) is 17.5. The molecule has 0 spiro atoms. The van der Waals surface area contributed by atoms with E-state index in [9.17, 15) is 14.4 Å². The van der Waals surface area contributed by atoms with Crippen molar-refractivity contribution >= 4 is 23.7 Å². The van der Waals surface area contributed by atoms with Crippen molar-refractivity contribution in [1.29, 1.82) is 0 Å². The minimum absolute atomic E-state index is 0.0821. The van der Waals surface area contributed by atoms with E-state index in [2.05, 4.69) is 5.32 Å². The number of nitrogens with zero attached hydrogens (tertiary/aromatic N) is 1. The molecule has 0 aliphatic heterocycles. The molecule has 1 rings (SSSR count). The molecule has 2 N–H and O–H groups in total. The van der Waals surface area contributed by atoms with Crippen LogP contribution in [-0.4, -0.2) is 48.2 Å². The van der Waals surface area contributed by atoms with Crippen LogP contribution >= 0.6 is 0 Å². The lowest BCUT2D eigenvalue weighted by atomic mass is 10.2. The fourth-order valence-electron chi connectivity index (χ4n) is 1.73. The predicted octanol–water partition coefficient (Wildman–Crippen LogP) is 2.05. The van der Waals surface area contributed by atoms with E-state index < -0.39 is 23.9 Å². The number of rotatable bonds is 6. The molecule has 0 aromatic heterocycles. The van der Waals surface area contributed by atoms with E-state index in [1.807, 2.05) is 0 Å². The minimum Gasteiger partial charge on any atom is -0.481 e. The molecule has 7 nitrogen and oxygen atoms in total. The third kappa shape index (κ3) is 5.08. The molecule has 1 atom stereocenters. The summed E-state index contributed by atoms with van der Waals surface area (Å²) in [5.74, 6) is -2.10. The largest absolute Gasteiger partial charge is 0.481 e. The van der Waals surface area contributed by atoms with E-state index >= 15 is 0 Å². The van der Waals surface area contributed by atoms with Gasteiger partial charge in [-0.15, -0.1) is 0 Å². The monoisotopic (exact) mass is 308 g/mol. The maximum Gasteiger partial charge on any atom is 0.338 e. The number of ether oxygens (including phenoxy) is 1. The lowest BCUT2D eigenvalue weighted by molar-refractivity contribution is -0.141. The number of esters is 1. The van der Waals surface area contributed by atoms with Crippen LogP contribution in [0, 0.1) is 5.92 Å². The van der Waals surface area contributed by atoms with Crippen LogP contribution in [0.4, 0.5) is 10.5 Å². The van der Waals surface area contributed by atoms with Crippen LogP contribution in [0.5, 0.6) is 0 Å². The highest BCUT2D eigenvalue weighted by molar-refractivity contribution is 5.94. The van der Waals surface area contributed by atoms with Crippen LogP contribution in [0.1, 0.15) is 24.2 Å². The molecule has 0 aliphatic carbocycles. The number of carbonyl (C=O) groups excluding carboxylic acids is 2. The molecule has 0 saturated carbocycles. The van der Waals surface area contributed by atoms with E-state index in [0.29, 0.717) is 11.3 Å². The van der Waals surface area contributed by atoms with Crippen LogP contribution in [0.25, 0.3) is 0 Å². The highest BCUT2D eigenvalue weighted by Crippen LogP contribution is 2.12. The van der Waals surface area contributed by atoms with Gasteiger partial charge in [0.2, 0.25) is 0 Å². The number of urea groups is 1. The number of hydrogen-bond donors (Lipinski definition) is 2. The lowest BCUT2D eigenvalue weighted by Crippen LogP contribution is -2.36. The second kappa shape index (κ2) is 8.02. The normalized spacial score (nSPS) is 11.4. The Morgan fingerprint density at radius 1 is 1.36 bits per heavy atom. The number of carboxylic acid groups (broad SMARTS) is 1. The van der Waals surface area contributed by atoms with Gasteiger partial charge < -0.3 is 20.1 Å². The van der Waals surface area contributed by atoms with Gasteiger partial charge in [0.25, 0.3) is 0 Å². The first-order valence-corrected chi connectivity index (χ1v) is 6.87. The molecule has 0 heterocycles. The fraction of sp³-hybridized carbons (Fsp3) is 0.400. The molecule has 7 heteroatoms. The molecule has 120 valence electrons. The number of amides is 2. The average molecular weight is 308 g/mol. The molecular formula is C15H20N2O5. The topological polar surface area (TPSA) is 95.9 Å². The number of carboxylic acids is 1. The summed E-state index contributed by atoms with van der Waals surface area (Å²) >= 11 is 0. The average Bonchev–Trinajstić information content (AvgIpc) is 2.47. The summed E-state index contributed by atoms with van der Waals surface area (Å²) in [7, 11) is 1.50. The zero-order chi connectivity index (χ0) is 16.7. The summed E-state index contributed by atoms with van der Waals surface area (Å²) in [4.78, 5) is 35.7. The van der Waals surface area contributed by atoms with Gasteiger partial charge in [-0.1, -0.05) is 13.0 Å². The van der Waals surface area contributed by atoms with Crippen LogP contribution in [0.2, 0.25) is 0 Å². The van der Waals surface area contributed by atoms with Crippen LogP contribution in [0.3, 0.4) is 0 Å². The first-order chi connectivity index (χ1) is 10.3. The van der Waals surface area contributed by atoms with Crippen molar-refractivity contribution in [3.05, 3.63) is 29.8 Å². The molecule has 0 saturated heterocycles. The maximum absolute atomic E-state index is 12.0. The van der Waals surface area contributed by atoms with Crippen molar-refractivity contribution in [3.63, 3.8) is 0 Å². The number of nitrogens with one attached hydrogen (secondary N) is 1. The van der Waals surface area contributed by atoms with E-state index in [4.69, 9.17) is 9.84 Å². The molecule has 0 radical (unpaired) electrons. The predicted molar refractivity (Wildman–Crippen MR) is 80.8 cm³/mol. The van der Waals surface area contributed by atoms with Gasteiger partial charge in [-0.25, -0.2) is 9.59 Å². The highest BCUT2D eigenvalue weighted by Gasteiger charge is 2.17. The molecule has 22 heavy (non-hydrogen) atoms. The fourth-order valence-corrected chi connectivity index (χ4v) is 1.73. The van der Waals surface area contributed by atoms with Crippen molar-refractivity contribution in [1.82, 2.24) is 4.90 Å². The quantitative estimate of drug-likeness (QED) is 0.784. The SMILES string of the molecule is CCOC(=O)c1cccc(NC(=O)N(C)CC(C)C(=O)O)c1. The van der Waals surface area contributed by atoms with Gasteiger partial charge in [0.1, 0.15) is 0 Å². The molecule has 1 unspecified atom stereocenters. The zero-order valence-corrected chi connectivity index (χ0v) is 12.8.